The van der Waals surface area contributed by atoms with Crippen LogP contribution in [0.5, 0.6) is 11.6 Å². The average Bonchev–Trinajstić information content (AvgIpc) is 3.33. The van der Waals surface area contributed by atoms with Gasteiger partial charge in [-0.15, -0.1) is 0 Å². The van der Waals surface area contributed by atoms with Gasteiger partial charge >= 0.3 is 6.03 Å². The highest BCUT2D eigenvalue weighted by molar-refractivity contribution is 5.99. The molecule has 0 atom stereocenters. The molecule has 0 saturated carbocycles. The third-order valence-corrected chi connectivity index (χ3v) is 5.75. The summed E-state index contributed by atoms with van der Waals surface area (Å²) in [5.41, 5.74) is 5.71. The number of anilines is 2. The average molecular weight is 452 g/mol. The van der Waals surface area contributed by atoms with Gasteiger partial charge in [0.05, 0.1) is 11.3 Å². The Hall–Kier alpha value is -4.26. The lowest BCUT2D eigenvalue weighted by Crippen LogP contribution is -2.19. The van der Waals surface area contributed by atoms with E-state index in [1.165, 1.54) is 17.5 Å². The number of carbonyl (C=O) groups is 1. The van der Waals surface area contributed by atoms with E-state index >= 15 is 0 Å². The van der Waals surface area contributed by atoms with Gasteiger partial charge in [0, 0.05) is 30.2 Å². The molecule has 2 heterocycles. The van der Waals surface area contributed by atoms with Crippen LogP contribution < -0.4 is 15.4 Å². The molecule has 0 aliphatic heterocycles. The van der Waals surface area contributed by atoms with Crippen LogP contribution in [0.15, 0.2) is 73.1 Å². The van der Waals surface area contributed by atoms with Crippen molar-refractivity contribution in [1.82, 2.24) is 15.0 Å². The van der Waals surface area contributed by atoms with Crippen molar-refractivity contribution in [2.45, 2.75) is 32.6 Å². The number of carbonyl (C=O) groups excluding carboxylic acids is 1. The molecule has 7 heteroatoms. The van der Waals surface area contributed by atoms with E-state index in [2.05, 4.69) is 37.7 Å². The minimum absolute atomic E-state index is 0.283. The molecule has 0 radical (unpaired) electrons. The molecule has 0 spiro atoms. The first-order valence-corrected chi connectivity index (χ1v) is 11.4. The van der Waals surface area contributed by atoms with Gasteiger partial charge in [0.1, 0.15) is 11.6 Å². The summed E-state index contributed by atoms with van der Waals surface area (Å²) in [5.74, 6) is 1.83. The van der Waals surface area contributed by atoms with E-state index in [0.29, 0.717) is 17.3 Å². The van der Waals surface area contributed by atoms with E-state index in [9.17, 15) is 4.79 Å². The second kappa shape index (κ2) is 9.70. The van der Waals surface area contributed by atoms with E-state index in [1.807, 2.05) is 31.2 Å². The topological polar surface area (TPSA) is 89.0 Å². The molecule has 0 saturated heterocycles. The summed E-state index contributed by atoms with van der Waals surface area (Å²) >= 11 is 0. The SMILES string of the molecule is CCc1nccc(-c2cccnc2Oc2ccc(NC(=O)Nc3ccc4c(c3)CCC4)cc2)n1. The third kappa shape index (κ3) is 4.88. The van der Waals surface area contributed by atoms with Crippen LogP contribution in [0.1, 0.15) is 30.3 Å². The molecular formula is C27H25N5O2. The predicted octanol–water partition coefficient (Wildman–Crippen LogP) is 6.03. The number of urea groups is 1. The molecule has 170 valence electrons. The second-order valence-corrected chi connectivity index (χ2v) is 8.11. The zero-order chi connectivity index (χ0) is 23.3. The number of pyridine rings is 1. The molecule has 2 N–H and O–H groups in total. The normalized spacial score (nSPS) is 12.1. The standard InChI is InChI=1S/C27H25N5O2/c1-2-25-28-16-14-24(32-25)23-7-4-15-29-26(23)34-22-12-10-20(11-13-22)30-27(33)31-21-9-8-18-5-3-6-19(18)17-21/h4,7-17H,2-3,5-6H2,1H3,(H2,30,31,33). The van der Waals surface area contributed by atoms with Crippen LogP contribution in [0.3, 0.4) is 0 Å². The Bertz CT molecular complexity index is 1320. The molecule has 2 amide bonds. The lowest BCUT2D eigenvalue weighted by molar-refractivity contribution is 0.262. The fourth-order valence-electron chi connectivity index (χ4n) is 4.05. The summed E-state index contributed by atoms with van der Waals surface area (Å²) in [4.78, 5) is 25.7. The Kier molecular flexibility index (Phi) is 6.16. The van der Waals surface area contributed by atoms with Crippen molar-refractivity contribution in [3.05, 3.63) is 90.0 Å². The number of rotatable bonds is 6. The lowest BCUT2D eigenvalue weighted by atomic mass is 10.1. The van der Waals surface area contributed by atoms with Crippen molar-refractivity contribution >= 4 is 17.4 Å². The largest absolute Gasteiger partial charge is 0.438 e. The fourth-order valence-corrected chi connectivity index (χ4v) is 4.05. The lowest BCUT2D eigenvalue weighted by Gasteiger charge is -2.11. The van der Waals surface area contributed by atoms with Gasteiger partial charge in [-0.3, -0.25) is 0 Å². The maximum atomic E-state index is 12.4. The van der Waals surface area contributed by atoms with Crippen LogP contribution >= 0.6 is 0 Å². The summed E-state index contributed by atoms with van der Waals surface area (Å²) in [6.45, 7) is 2.02. The maximum absolute atomic E-state index is 12.4. The first-order valence-electron chi connectivity index (χ1n) is 11.4. The molecule has 1 aliphatic carbocycles. The number of amides is 2. The van der Waals surface area contributed by atoms with Gasteiger partial charge in [-0.05, 0) is 85.0 Å². The Morgan fingerprint density at radius 1 is 0.912 bits per heavy atom. The molecule has 0 fully saturated rings. The number of benzene rings is 2. The van der Waals surface area contributed by atoms with E-state index < -0.39 is 0 Å². The number of hydrogen-bond donors (Lipinski definition) is 2. The van der Waals surface area contributed by atoms with E-state index in [1.54, 1.807) is 36.7 Å². The molecule has 2 aromatic carbocycles. The number of nitrogens with zero attached hydrogens (tertiary/aromatic N) is 3. The minimum Gasteiger partial charge on any atom is -0.438 e. The highest BCUT2D eigenvalue weighted by Crippen LogP contribution is 2.31. The molecule has 34 heavy (non-hydrogen) atoms. The van der Waals surface area contributed by atoms with Crippen molar-refractivity contribution < 1.29 is 9.53 Å². The Balaban J connectivity index is 1.25. The van der Waals surface area contributed by atoms with E-state index in [0.717, 1.165) is 42.0 Å². The molecule has 2 aromatic heterocycles. The highest BCUT2D eigenvalue weighted by Gasteiger charge is 2.13. The molecular weight excluding hydrogens is 426 g/mol. The zero-order valence-electron chi connectivity index (χ0n) is 18.9. The van der Waals surface area contributed by atoms with Crippen LogP contribution in [0.25, 0.3) is 11.3 Å². The maximum Gasteiger partial charge on any atom is 0.323 e. The Labute approximate surface area is 198 Å². The molecule has 0 bridgehead atoms. The first-order chi connectivity index (χ1) is 16.7. The highest BCUT2D eigenvalue weighted by atomic mass is 16.5. The number of hydrogen-bond acceptors (Lipinski definition) is 5. The monoisotopic (exact) mass is 451 g/mol. The van der Waals surface area contributed by atoms with Crippen LogP contribution in [0.4, 0.5) is 16.2 Å². The Morgan fingerprint density at radius 3 is 2.56 bits per heavy atom. The number of aryl methyl sites for hydroxylation is 3. The van der Waals surface area contributed by atoms with Gasteiger partial charge in [0.2, 0.25) is 5.88 Å². The minimum atomic E-state index is -0.283. The van der Waals surface area contributed by atoms with Crippen LogP contribution in [0, 0.1) is 0 Å². The second-order valence-electron chi connectivity index (χ2n) is 8.11. The summed E-state index contributed by atoms with van der Waals surface area (Å²) in [5, 5.41) is 5.77. The summed E-state index contributed by atoms with van der Waals surface area (Å²) in [6, 6.07) is 18.6. The molecule has 0 unspecified atom stereocenters. The zero-order valence-corrected chi connectivity index (χ0v) is 18.9. The van der Waals surface area contributed by atoms with Gasteiger partial charge in [0.25, 0.3) is 0 Å². The van der Waals surface area contributed by atoms with Crippen molar-refractivity contribution in [3.63, 3.8) is 0 Å². The van der Waals surface area contributed by atoms with Crippen LogP contribution in [-0.4, -0.2) is 21.0 Å². The molecule has 4 aromatic rings. The summed E-state index contributed by atoms with van der Waals surface area (Å²) < 4.78 is 6.04. The summed E-state index contributed by atoms with van der Waals surface area (Å²) in [6.07, 6.45) is 7.54. The quantitative estimate of drug-likeness (QED) is 0.374. The van der Waals surface area contributed by atoms with Crippen molar-refractivity contribution in [2.75, 3.05) is 10.6 Å². The third-order valence-electron chi connectivity index (χ3n) is 5.75. The van der Waals surface area contributed by atoms with Gasteiger partial charge in [-0.2, -0.15) is 0 Å². The number of fused-ring (bicyclic) bond motifs is 1. The van der Waals surface area contributed by atoms with Gasteiger partial charge < -0.3 is 15.4 Å². The van der Waals surface area contributed by atoms with E-state index in [-0.39, 0.29) is 6.03 Å². The number of nitrogens with one attached hydrogen (secondary N) is 2. The molecule has 7 nitrogen and oxygen atoms in total. The van der Waals surface area contributed by atoms with Gasteiger partial charge in [-0.25, -0.2) is 19.7 Å². The summed E-state index contributed by atoms with van der Waals surface area (Å²) in [7, 11) is 0. The van der Waals surface area contributed by atoms with Crippen LogP contribution in [-0.2, 0) is 19.3 Å². The first kappa shape index (κ1) is 21.6. The molecule has 5 rings (SSSR count). The van der Waals surface area contributed by atoms with Gasteiger partial charge in [0.15, 0.2) is 0 Å². The van der Waals surface area contributed by atoms with Crippen molar-refractivity contribution in [1.29, 1.82) is 0 Å². The molecule has 1 aliphatic rings. The van der Waals surface area contributed by atoms with Crippen molar-refractivity contribution in [3.8, 4) is 22.9 Å². The number of aromatic nitrogens is 3. The Morgan fingerprint density at radius 2 is 1.71 bits per heavy atom. The van der Waals surface area contributed by atoms with Gasteiger partial charge in [-0.1, -0.05) is 13.0 Å². The smallest absolute Gasteiger partial charge is 0.323 e. The number of ether oxygens (including phenoxy) is 1. The predicted molar refractivity (Wildman–Crippen MR) is 132 cm³/mol. The fraction of sp³-hybridized carbons (Fsp3) is 0.185. The van der Waals surface area contributed by atoms with Crippen LogP contribution in [0.2, 0.25) is 0 Å². The van der Waals surface area contributed by atoms with E-state index in [4.69, 9.17) is 4.74 Å². The van der Waals surface area contributed by atoms with Crippen molar-refractivity contribution in [2.24, 2.45) is 0 Å².